The summed E-state index contributed by atoms with van der Waals surface area (Å²) in [4.78, 5) is 23.0. The molecule has 0 aliphatic rings. The minimum absolute atomic E-state index is 0.168. The number of rotatable bonds is 4. The monoisotopic (exact) mass is 260 g/mol. The van der Waals surface area contributed by atoms with E-state index >= 15 is 0 Å². The zero-order valence-electron chi connectivity index (χ0n) is 11.1. The normalized spacial score (nSPS) is 12.3. The molecule has 0 aliphatic heterocycles. The maximum atomic E-state index is 12.4. The van der Waals surface area contributed by atoms with E-state index in [0.29, 0.717) is 11.1 Å². The Morgan fingerprint density at radius 3 is 2.26 bits per heavy atom. The van der Waals surface area contributed by atoms with E-state index in [1.165, 1.54) is 0 Å². The molecule has 1 aromatic rings. The molecule has 1 amide bonds. The van der Waals surface area contributed by atoms with E-state index in [-0.39, 0.29) is 5.78 Å². The first-order valence-corrected chi connectivity index (χ1v) is 5.83. The van der Waals surface area contributed by atoms with E-state index in [9.17, 15) is 9.59 Å². The molecule has 1 atom stereocenters. The van der Waals surface area contributed by atoms with Crippen LogP contribution in [-0.2, 0) is 0 Å². The quantitative estimate of drug-likeness (QED) is 0.813. The molecule has 2 N–H and O–H groups in total. The maximum absolute atomic E-state index is 12.4. The van der Waals surface area contributed by atoms with Crippen molar-refractivity contribution in [2.75, 3.05) is 0 Å². The second-order valence-corrected chi connectivity index (χ2v) is 4.91. The molecule has 0 spiro atoms. The van der Waals surface area contributed by atoms with Crippen LogP contribution >= 0.6 is 0 Å². The summed E-state index contributed by atoms with van der Waals surface area (Å²) in [5.74, 6) is -0.168. The summed E-state index contributed by atoms with van der Waals surface area (Å²) >= 11 is 0. The molecule has 0 saturated heterocycles. The molecular formula is C14H16N2O3. The van der Waals surface area contributed by atoms with Gasteiger partial charge in [-0.15, -0.1) is 0 Å². The van der Waals surface area contributed by atoms with E-state index in [1.54, 1.807) is 45.0 Å². The standard InChI is InChI=1S/C14H16N2O3/c1-9(16-13(18)19)14(2,3)12(17)11-6-4-10(8-15)5-7-11/h4-7,9,16H,1-3H3,(H,18,19). The smallest absolute Gasteiger partial charge is 0.404 e. The van der Waals surface area contributed by atoms with Gasteiger partial charge in [0.05, 0.1) is 11.6 Å². The highest BCUT2D eigenvalue weighted by Gasteiger charge is 2.35. The molecule has 0 bridgehead atoms. The molecule has 5 heteroatoms. The number of amides is 1. The summed E-state index contributed by atoms with van der Waals surface area (Å²) in [6.45, 7) is 5.03. The van der Waals surface area contributed by atoms with Crippen LogP contribution in [0.25, 0.3) is 0 Å². The third kappa shape index (κ3) is 3.32. The summed E-state index contributed by atoms with van der Waals surface area (Å²) in [5.41, 5.74) is 0.0705. The van der Waals surface area contributed by atoms with Crippen LogP contribution in [0.3, 0.4) is 0 Å². The highest BCUT2D eigenvalue weighted by Crippen LogP contribution is 2.26. The Morgan fingerprint density at radius 1 is 1.32 bits per heavy atom. The number of hydrogen-bond acceptors (Lipinski definition) is 3. The van der Waals surface area contributed by atoms with Crippen LogP contribution in [0.2, 0.25) is 0 Å². The Morgan fingerprint density at radius 2 is 1.84 bits per heavy atom. The average molecular weight is 260 g/mol. The van der Waals surface area contributed by atoms with Gasteiger partial charge in [-0.3, -0.25) is 4.79 Å². The summed E-state index contributed by atoms with van der Waals surface area (Å²) in [6, 6.07) is 7.75. The third-order valence-electron chi connectivity index (χ3n) is 3.28. The van der Waals surface area contributed by atoms with E-state index in [2.05, 4.69) is 5.32 Å². The van der Waals surface area contributed by atoms with Crippen LogP contribution in [0.4, 0.5) is 4.79 Å². The molecule has 1 rings (SSSR count). The highest BCUT2D eigenvalue weighted by atomic mass is 16.4. The average Bonchev–Trinajstić information content (AvgIpc) is 2.37. The molecule has 0 saturated carbocycles. The molecule has 0 heterocycles. The molecule has 0 fully saturated rings. The summed E-state index contributed by atoms with van der Waals surface area (Å²) in [6.07, 6.45) is -1.16. The van der Waals surface area contributed by atoms with Crippen LogP contribution in [-0.4, -0.2) is 23.0 Å². The van der Waals surface area contributed by atoms with Crippen LogP contribution in [0.5, 0.6) is 0 Å². The molecule has 1 unspecified atom stereocenters. The van der Waals surface area contributed by atoms with E-state index in [1.807, 2.05) is 6.07 Å². The van der Waals surface area contributed by atoms with E-state index in [4.69, 9.17) is 10.4 Å². The van der Waals surface area contributed by atoms with Crippen molar-refractivity contribution in [3.63, 3.8) is 0 Å². The lowest BCUT2D eigenvalue weighted by atomic mass is 9.78. The van der Waals surface area contributed by atoms with Crippen molar-refractivity contribution in [2.24, 2.45) is 5.41 Å². The van der Waals surface area contributed by atoms with Gasteiger partial charge in [0.1, 0.15) is 0 Å². The number of nitrogens with one attached hydrogen (secondary N) is 1. The van der Waals surface area contributed by atoms with E-state index < -0.39 is 17.6 Å². The number of benzene rings is 1. The SMILES string of the molecule is CC(NC(=O)O)C(C)(C)C(=O)c1ccc(C#N)cc1. The maximum Gasteiger partial charge on any atom is 0.404 e. The predicted octanol–water partition coefficient (Wildman–Crippen LogP) is 2.42. The topological polar surface area (TPSA) is 90.2 Å². The van der Waals surface area contributed by atoms with Crippen molar-refractivity contribution < 1.29 is 14.7 Å². The summed E-state index contributed by atoms with van der Waals surface area (Å²) in [5, 5.41) is 19.7. The molecule has 0 aliphatic carbocycles. The van der Waals surface area contributed by atoms with Gasteiger partial charge in [0.25, 0.3) is 0 Å². The molecular weight excluding hydrogens is 244 g/mol. The zero-order valence-corrected chi connectivity index (χ0v) is 11.1. The first-order chi connectivity index (χ1) is 8.78. The van der Waals surface area contributed by atoms with Gasteiger partial charge in [-0.05, 0) is 19.1 Å². The zero-order chi connectivity index (χ0) is 14.6. The number of Topliss-reactive ketones (excluding diaryl/α,β-unsaturated/α-hetero) is 1. The fourth-order valence-corrected chi connectivity index (χ4v) is 1.63. The van der Waals surface area contributed by atoms with Crippen molar-refractivity contribution in [3.05, 3.63) is 35.4 Å². The first-order valence-electron chi connectivity index (χ1n) is 5.83. The van der Waals surface area contributed by atoms with Crippen LogP contribution in [0.15, 0.2) is 24.3 Å². The van der Waals surface area contributed by atoms with Crippen molar-refractivity contribution >= 4 is 11.9 Å². The molecule has 5 nitrogen and oxygen atoms in total. The highest BCUT2D eigenvalue weighted by molar-refractivity contribution is 6.00. The van der Waals surface area contributed by atoms with Gasteiger partial charge in [-0.25, -0.2) is 4.79 Å². The first kappa shape index (κ1) is 14.7. The van der Waals surface area contributed by atoms with Gasteiger partial charge in [-0.2, -0.15) is 5.26 Å². The van der Waals surface area contributed by atoms with Gasteiger partial charge in [0.2, 0.25) is 0 Å². The lowest BCUT2D eigenvalue weighted by Crippen LogP contribution is -2.46. The minimum atomic E-state index is -1.16. The second-order valence-electron chi connectivity index (χ2n) is 4.91. The van der Waals surface area contributed by atoms with Crippen LogP contribution in [0, 0.1) is 16.7 Å². The Hall–Kier alpha value is -2.35. The molecule has 100 valence electrons. The second kappa shape index (κ2) is 5.53. The van der Waals surface area contributed by atoms with Gasteiger partial charge in [0.15, 0.2) is 5.78 Å². The van der Waals surface area contributed by atoms with Crippen LogP contribution in [0.1, 0.15) is 36.7 Å². The fraction of sp³-hybridized carbons (Fsp3) is 0.357. The fourth-order valence-electron chi connectivity index (χ4n) is 1.63. The lowest BCUT2D eigenvalue weighted by molar-refractivity contribution is 0.0789. The summed E-state index contributed by atoms with van der Waals surface area (Å²) in [7, 11) is 0. The number of carbonyl (C=O) groups is 2. The molecule has 0 aromatic heterocycles. The van der Waals surface area contributed by atoms with Gasteiger partial charge < -0.3 is 10.4 Å². The van der Waals surface area contributed by atoms with E-state index in [0.717, 1.165) is 0 Å². The Labute approximate surface area is 111 Å². The van der Waals surface area contributed by atoms with Gasteiger partial charge >= 0.3 is 6.09 Å². The van der Waals surface area contributed by atoms with Crippen molar-refractivity contribution in [3.8, 4) is 6.07 Å². The Balaban J connectivity index is 2.97. The van der Waals surface area contributed by atoms with Crippen molar-refractivity contribution in [1.82, 2.24) is 5.32 Å². The van der Waals surface area contributed by atoms with Crippen molar-refractivity contribution in [1.29, 1.82) is 5.26 Å². The summed E-state index contributed by atoms with van der Waals surface area (Å²) < 4.78 is 0. The minimum Gasteiger partial charge on any atom is -0.465 e. The molecule has 0 radical (unpaired) electrons. The third-order valence-corrected chi connectivity index (χ3v) is 3.28. The largest absolute Gasteiger partial charge is 0.465 e. The van der Waals surface area contributed by atoms with Gasteiger partial charge in [-0.1, -0.05) is 26.0 Å². The lowest BCUT2D eigenvalue weighted by Gasteiger charge is -2.30. The number of nitriles is 1. The van der Waals surface area contributed by atoms with Crippen LogP contribution < -0.4 is 5.32 Å². The Kier molecular flexibility index (Phi) is 4.28. The Bertz CT molecular complexity index is 527. The number of hydrogen-bond donors (Lipinski definition) is 2. The number of nitrogens with zero attached hydrogens (tertiary/aromatic N) is 1. The predicted molar refractivity (Wildman–Crippen MR) is 69.9 cm³/mol. The van der Waals surface area contributed by atoms with Gasteiger partial charge in [0, 0.05) is 17.0 Å². The number of carbonyl (C=O) groups excluding carboxylic acids is 1. The molecule has 19 heavy (non-hydrogen) atoms. The number of ketones is 1. The molecule has 1 aromatic carbocycles. The number of carboxylic acid groups (broad SMARTS) is 1. The van der Waals surface area contributed by atoms with Crippen molar-refractivity contribution in [2.45, 2.75) is 26.8 Å².